The molecule has 0 aliphatic heterocycles. The average molecular weight is 370 g/mol. The Morgan fingerprint density at radius 3 is 1.96 bits per heavy atom. The van der Waals surface area contributed by atoms with E-state index in [0.717, 1.165) is 30.4 Å². The maximum absolute atomic E-state index is 10.2. The van der Waals surface area contributed by atoms with Crippen molar-refractivity contribution < 1.29 is 25.5 Å². The molecule has 1 aromatic rings. The van der Waals surface area contributed by atoms with E-state index < -0.39 is 19.1 Å². The van der Waals surface area contributed by atoms with Crippen molar-refractivity contribution in [2.24, 2.45) is 0 Å². The van der Waals surface area contributed by atoms with Crippen molar-refractivity contribution >= 4 is 0 Å². The van der Waals surface area contributed by atoms with Crippen LogP contribution in [-0.2, 0) is 19.5 Å². The zero-order valence-electron chi connectivity index (χ0n) is 15.6. The molecule has 0 fully saturated rings. The van der Waals surface area contributed by atoms with E-state index in [1.807, 2.05) is 6.07 Å². The van der Waals surface area contributed by atoms with Gasteiger partial charge in [-0.15, -0.1) is 0 Å². The Labute approximate surface area is 155 Å². The number of hydrogen-bond donors (Lipinski definition) is 7. The van der Waals surface area contributed by atoms with Crippen LogP contribution in [0.25, 0.3) is 0 Å². The van der Waals surface area contributed by atoms with E-state index in [1.54, 1.807) is 6.07 Å². The third-order valence-corrected chi connectivity index (χ3v) is 4.35. The van der Waals surface area contributed by atoms with E-state index in [1.165, 1.54) is 19.3 Å². The van der Waals surface area contributed by atoms with Crippen LogP contribution in [0.1, 0.15) is 55.7 Å². The van der Waals surface area contributed by atoms with Gasteiger partial charge in [0.25, 0.3) is 0 Å². The first-order valence-electron chi connectivity index (χ1n) is 9.40. The molecule has 0 radical (unpaired) electrons. The fourth-order valence-electron chi connectivity index (χ4n) is 2.77. The minimum atomic E-state index is -1.03. The zero-order chi connectivity index (χ0) is 19.4. The summed E-state index contributed by atoms with van der Waals surface area (Å²) >= 11 is 0. The smallest absolute Gasteiger partial charge is 0.128 e. The van der Waals surface area contributed by atoms with Gasteiger partial charge in [0.05, 0.1) is 13.2 Å². The number of phenols is 1. The van der Waals surface area contributed by atoms with E-state index in [2.05, 4.69) is 17.6 Å². The summed E-state index contributed by atoms with van der Waals surface area (Å²) in [6.07, 6.45) is 4.60. The lowest BCUT2D eigenvalue weighted by atomic mass is 9.97. The number of aliphatic hydroxyl groups is 4. The van der Waals surface area contributed by atoms with E-state index in [0.29, 0.717) is 12.1 Å². The van der Waals surface area contributed by atoms with Gasteiger partial charge in [0.2, 0.25) is 0 Å². The maximum atomic E-state index is 10.2. The largest absolute Gasteiger partial charge is 0.508 e. The first-order chi connectivity index (χ1) is 12.5. The molecule has 7 N–H and O–H groups in total. The van der Waals surface area contributed by atoms with Gasteiger partial charge < -0.3 is 25.5 Å². The van der Waals surface area contributed by atoms with Crippen LogP contribution < -0.4 is 10.6 Å². The molecule has 1 rings (SSSR count). The van der Waals surface area contributed by atoms with Crippen LogP contribution in [0.2, 0.25) is 0 Å². The zero-order valence-corrected chi connectivity index (χ0v) is 15.6. The lowest BCUT2D eigenvalue weighted by Gasteiger charge is -2.17. The summed E-state index contributed by atoms with van der Waals surface area (Å²) in [7, 11) is 0. The second kappa shape index (κ2) is 13.0. The molecule has 2 atom stereocenters. The van der Waals surface area contributed by atoms with E-state index in [4.69, 9.17) is 10.2 Å². The summed E-state index contributed by atoms with van der Waals surface area (Å²) < 4.78 is 0. The average Bonchev–Trinajstić information content (AvgIpc) is 2.65. The number of rotatable bonds is 14. The fourth-order valence-corrected chi connectivity index (χ4v) is 2.77. The summed E-state index contributed by atoms with van der Waals surface area (Å²) in [5.41, 5.74) is 2.58. The number of benzene rings is 1. The van der Waals surface area contributed by atoms with Crippen molar-refractivity contribution in [1.82, 2.24) is 10.6 Å². The Bertz CT molecular complexity index is 513. The Morgan fingerprint density at radius 1 is 0.808 bits per heavy atom. The molecule has 0 saturated heterocycles. The molecule has 0 aliphatic rings. The quantitative estimate of drug-likeness (QED) is 0.190. The van der Waals surface area contributed by atoms with Gasteiger partial charge in [-0.25, -0.2) is 0 Å². The molecular formula is C19H34N2O5. The van der Waals surface area contributed by atoms with Crippen molar-refractivity contribution in [3.8, 4) is 5.75 Å². The third kappa shape index (κ3) is 8.44. The number of unbranched alkanes of at least 4 members (excludes halogenated alkanes) is 4. The van der Waals surface area contributed by atoms with Gasteiger partial charge in [-0.2, -0.15) is 0 Å². The van der Waals surface area contributed by atoms with Crippen molar-refractivity contribution in [3.05, 3.63) is 28.8 Å². The summed E-state index contributed by atoms with van der Waals surface area (Å²) in [4.78, 5) is 0. The molecule has 1 aromatic carbocycles. The Morgan fingerprint density at radius 2 is 1.38 bits per heavy atom. The third-order valence-electron chi connectivity index (χ3n) is 4.35. The summed E-state index contributed by atoms with van der Waals surface area (Å²) in [6.45, 7) is 1.98. The standard InChI is InChI=1S/C19H34N2O5/c1-2-3-4-5-6-7-14-8-16(11-21-19(26)13-23)17(24)9-15(14)10-20-18(25)12-22/h8-9,18-26H,2-7,10-13H2,1H3. The molecule has 26 heavy (non-hydrogen) atoms. The Hall–Kier alpha value is -1.22. The van der Waals surface area contributed by atoms with Crippen LogP contribution in [0.5, 0.6) is 5.75 Å². The van der Waals surface area contributed by atoms with Crippen molar-refractivity contribution in [2.45, 2.75) is 71.0 Å². The molecule has 0 bridgehead atoms. The monoisotopic (exact) mass is 370 g/mol. The highest BCUT2D eigenvalue weighted by molar-refractivity contribution is 5.42. The minimum Gasteiger partial charge on any atom is -0.508 e. The van der Waals surface area contributed by atoms with Crippen molar-refractivity contribution in [3.63, 3.8) is 0 Å². The Balaban J connectivity index is 2.82. The minimum absolute atomic E-state index is 0.0904. The normalized spacial score (nSPS) is 13.7. The van der Waals surface area contributed by atoms with Gasteiger partial charge in [-0.05, 0) is 30.0 Å². The SMILES string of the molecule is CCCCCCCc1cc(CNC(O)CO)c(O)cc1CNC(O)CO. The second-order valence-electron chi connectivity index (χ2n) is 6.57. The number of aromatic hydroxyl groups is 1. The van der Waals surface area contributed by atoms with Gasteiger partial charge in [-0.1, -0.05) is 38.7 Å². The molecule has 150 valence electrons. The molecule has 0 saturated carbocycles. The first kappa shape index (κ1) is 22.8. The molecule has 0 aromatic heterocycles. The van der Waals surface area contributed by atoms with Crippen LogP contribution in [0.15, 0.2) is 12.1 Å². The van der Waals surface area contributed by atoms with Gasteiger partial charge in [0.15, 0.2) is 0 Å². The molecule has 7 heteroatoms. The van der Waals surface area contributed by atoms with Crippen LogP contribution >= 0.6 is 0 Å². The van der Waals surface area contributed by atoms with Gasteiger partial charge in [0, 0.05) is 18.7 Å². The van der Waals surface area contributed by atoms with E-state index in [-0.39, 0.29) is 18.9 Å². The lowest BCUT2D eigenvalue weighted by Crippen LogP contribution is -2.32. The van der Waals surface area contributed by atoms with Crippen molar-refractivity contribution in [2.75, 3.05) is 13.2 Å². The first-order valence-corrected chi connectivity index (χ1v) is 9.40. The van der Waals surface area contributed by atoms with Gasteiger partial charge in [-0.3, -0.25) is 10.6 Å². The number of aryl methyl sites for hydroxylation is 1. The summed E-state index contributed by atoms with van der Waals surface area (Å²) in [5.74, 6) is 0.0904. The number of phenolic OH excluding ortho intramolecular Hbond substituents is 1. The Kier molecular flexibility index (Phi) is 11.4. The predicted molar refractivity (Wildman–Crippen MR) is 100 cm³/mol. The number of nitrogens with one attached hydrogen (secondary N) is 2. The highest BCUT2D eigenvalue weighted by Gasteiger charge is 2.12. The van der Waals surface area contributed by atoms with E-state index in [9.17, 15) is 15.3 Å². The maximum Gasteiger partial charge on any atom is 0.128 e. The highest BCUT2D eigenvalue weighted by Crippen LogP contribution is 2.25. The lowest BCUT2D eigenvalue weighted by molar-refractivity contribution is 0.0661. The van der Waals surface area contributed by atoms with Crippen LogP contribution in [0.4, 0.5) is 0 Å². The van der Waals surface area contributed by atoms with Gasteiger partial charge in [0.1, 0.15) is 18.2 Å². The fraction of sp³-hybridized carbons (Fsp3) is 0.684. The van der Waals surface area contributed by atoms with Crippen LogP contribution in [0, 0.1) is 0 Å². The van der Waals surface area contributed by atoms with Crippen LogP contribution in [0.3, 0.4) is 0 Å². The van der Waals surface area contributed by atoms with E-state index >= 15 is 0 Å². The predicted octanol–water partition coefficient (Wildman–Crippen LogP) is 0.706. The summed E-state index contributed by atoms with van der Waals surface area (Å²) in [6, 6.07) is 3.55. The number of aliphatic hydroxyl groups excluding tert-OH is 4. The molecule has 7 nitrogen and oxygen atoms in total. The second-order valence-corrected chi connectivity index (χ2v) is 6.57. The molecule has 0 amide bonds. The number of hydrogen-bond acceptors (Lipinski definition) is 7. The molecular weight excluding hydrogens is 336 g/mol. The molecule has 0 spiro atoms. The summed E-state index contributed by atoms with van der Waals surface area (Å²) in [5, 5.41) is 52.5. The highest BCUT2D eigenvalue weighted by atomic mass is 16.3. The molecule has 0 heterocycles. The topological polar surface area (TPSA) is 125 Å². The molecule has 0 aliphatic carbocycles. The van der Waals surface area contributed by atoms with Crippen molar-refractivity contribution in [1.29, 1.82) is 0 Å². The van der Waals surface area contributed by atoms with Gasteiger partial charge >= 0.3 is 0 Å². The molecule has 2 unspecified atom stereocenters. The van der Waals surface area contributed by atoms with Crippen LogP contribution in [-0.4, -0.2) is 51.2 Å².